The molecule has 2 nitrogen and oxygen atoms in total. The van der Waals surface area contributed by atoms with Crippen LogP contribution < -0.4 is 10.5 Å². The van der Waals surface area contributed by atoms with Crippen LogP contribution in [0, 0.1) is 0 Å². The molecule has 0 aliphatic carbocycles. The van der Waals surface area contributed by atoms with Crippen LogP contribution in [0.25, 0.3) is 0 Å². The quantitative estimate of drug-likeness (QED) is 0.767. The molecule has 2 aromatic carbocycles. The highest BCUT2D eigenvalue weighted by Crippen LogP contribution is 2.32. The maximum absolute atomic E-state index is 6.26. The second kappa shape index (κ2) is 7.74. The first-order valence-corrected chi connectivity index (χ1v) is 8.56. The molecule has 0 saturated heterocycles. The first kappa shape index (κ1) is 16.2. The van der Waals surface area contributed by atoms with Crippen LogP contribution in [0.3, 0.4) is 0 Å². The van der Waals surface area contributed by atoms with Crippen molar-refractivity contribution in [1.82, 2.24) is 0 Å². The van der Waals surface area contributed by atoms with E-state index in [1.54, 1.807) is 11.8 Å². The smallest absolute Gasteiger partial charge is 0.139 e. The van der Waals surface area contributed by atoms with Crippen molar-refractivity contribution >= 4 is 23.4 Å². The maximum Gasteiger partial charge on any atom is 0.139 e. The van der Waals surface area contributed by atoms with Crippen molar-refractivity contribution in [3.05, 3.63) is 59.1 Å². The van der Waals surface area contributed by atoms with Crippen LogP contribution in [0.4, 0.5) is 0 Å². The Hall–Kier alpha value is -1.16. The van der Waals surface area contributed by atoms with Gasteiger partial charge < -0.3 is 10.5 Å². The second-order valence-electron chi connectivity index (χ2n) is 4.81. The second-order valence-corrected chi connectivity index (χ2v) is 6.10. The molecule has 4 heteroatoms. The van der Waals surface area contributed by atoms with Crippen LogP contribution in [0.5, 0.6) is 5.75 Å². The van der Waals surface area contributed by atoms with E-state index in [2.05, 4.69) is 13.0 Å². The molecule has 0 spiro atoms. The van der Waals surface area contributed by atoms with Gasteiger partial charge in [0.15, 0.2) is 0 Å². The van der Waals surface area contributed by atoms with Crippen molar-refractivity contribution < 1.29 is 4.74 Å². The Bertz CT molecular complexity index is 573. The van der Waals surface area contributed by atoms with Crippen LogP contribution in [-0.4, -0.2) is 12.3 Å². The Labute approximate surface area is 135 Å². The molecule has 0 radical (unpaired) electrons. The van der Waals surface area contributed by atoms with Crippen LogP contribution >= 0.6 is 23.4 Å². The summed E-state index contributed by atoms with van der Waals surface area (Å²) in [4.78, 5) is 1.11. The number of hydrogen-bond donors (Lipinski definition) is 1. The van der Waals surface area contributed by atoms with E-state index in [9.17, 15) is 0 Å². The number of hydrogen-bond acceptors (Lipinski definition) is 3. The van der Waals surface area contributed by atoms with Crippen molar-refractivity contribution in [2.75, 3.05) is 6.26 Å². The van der Waals surface area contributed by atoms with Gasteiger partial charge in [0.1, 0.15) is 11.9 Å². The summed E-state index contributed by atoms with van der Waals surface area (Å²) in [5.74, 6) is 0.869. The zero-order valence-corrected chi connectivity index (χ0v) is 13.8. The Morgan fingerprint density at radius 2 is 1.81 bits per heavy atom. The maximum atomic E-state index is 6.26. The van der Waals surface area contributed by atoms with Crippen molar-refractivity contribution in [2.45, 2.75) is 30.4 Å². The normalized spacial score (nSPS) is 13.7. The molecule has 0 aliphatic heterocycles. The molecule has 0 aromatic heterocycles. The number of halogens is 1. The third-order valence-electron chi connectivity index (χ3n) is 3.38. The number of ether oxygens (including phenoxy) is 1. The number of thioether (sulfide) groups is 1. The highest BCUT2D eigenvalue weighted by molar-refractivity contribution is 7.98. The van der Waals surface area contributed by atoms with Crippen LogP contribution in [-0.2, 0) is 0 Å². The zero-order chi connectivity index (χ0) is 15.2. The third-order valence-corrected chi connectivity index (χ3v) is 4.41. The van der Waals surface area contributed by atoms with E-state index in [1.807, 2.05) is 48.7 Å². The molecule has 2 rings (SSSR count). The Kier molecular flexibility index (Phi) is 5.97. The number of benzene rings is 2. The minimum Gasteiger partial charge on any atom is -0.483 e. The van der Waals surface area contributed by atoms with Crippen LogP contribution in [0.15, 0.2) is 53.4 Å². The summed E-state index contributed by atoms with van der Waals surface area (Å²) in [6.07, 6.45) is 2.70. The van der Waals surface area contributed by atoms with Gasteiger partial charge in [-0.15, -0.1) is 11.8 Å². The lowest BCUT2D eigenvalue weighted by Crippen LogP contribution is -2.31. The van der Waals surface area contributed by atoms with Gasteiger partial charge in [-0.05, 0) is 42.5 Å². The van der Waals surface area contributed by atoms with Crippen LogP contribution in [0.1, 0.15) is 25.0 Å². The predicted molar refractivity (Wildman–Crippen MR) is 91.3 cm³/mol. The molecule has 2 unspecified atom stereocenters. The van der Waals surface area contributed by atoms with Gasteiger partial charge in [-0.2, -0.15) is 0 Å². The van der Waals surface area contributed by atoms with Crippen molar-refractivity contribution in [3.63, 3.8) is 0 Å². The lowest BCUT2D eigenvalue weighted by molar-refractivity contribution is 0.167. The summed E-state index contributed by atoms with van der Waals surface area (Å²) in [6, 6.07) is 15.6. The van der Waals surface area contributed by atoms with E-state index >= 15 is 0 Å². The van der Waals surface area contributed by atoms with E-state index in [0.29, 0.717) is 5.02 Å². The van der Waals surface area contributed by atoms with Gasteiger partial charge in [-0.25, -0.2) is 0 Å². The summed E-state index contributed by atoms with van der Waals surface area (Å²) >= 11 is 7.63. The number of para-hydroxylation sites is 1. The molecule has 2 atom stereocenters. The molecule has 0 aliphatic rings. The topological polar surface area (TPSA) is 35.2 Å². The monoisotopic (exact) mass is 321 g/mol. The van der Waals surface area contributed by atoms with Gasteiger partial charge in [0.05, 0.1) is 0 Å². The van der Waals surface area contributed by atoms with Gasteiger partial charge >= 0.3 is 0 Å². The first-order chi connectivity index (χ1) is 10.2. The van der Waals surface area contributed by atoms with E-state index < -0.39 is 0 Å². The molecule has 0 bridgehead atoms. The molecule has 21 heavy (non-hydrogen) atoms. The predicted octanol–water partition coefficient (Wildman–Crippen LogP) is 4.92. The molecular formula is C17H20ClNOS. The summed E-state index contributed by atoms with van der Waals surface area (Å²) in [5, 5.41) is 0.715. The van der Waals surface area contributed by atoms with Gasteiger partial charge in [-0.3, -0.25) is 0 Å². The Morgan fingerprint density at radius 1 is 1.14 bits per heavy atom. The molecule has 0 heterocycles. The van der Waals surface area contributed by atoms with Gasteiger partial charge in [0, 0.05) is 16.0 Å². The van der Waals surface area contributed by atoms with Crippen molar-refractivity contribution in [1.29, 1.82) is 0 Å². The average Bonchev–Trinajstić information content (AvgIpc) is 2.53. The zero-order valence-electron chi connectivity index (χ0n) is 12.3. The summed E-state index contributed by atoms with van der Waals surface area (Å²) in [6.45, 7) is 2.07. The minimum atomic E-state index is -0.180. The molecule has 0 fully saturated rings. The van der Waals surface area contributed by atoms with Crippen molar-refractivity contribution in [3.8, 4) is 5.75 Å². The number of rotatable bonds is 6. The minimum absolute atomic E-state index is 0.0684. The Morgan fingerprint density at radius 3 is 2.43 bits per heavy atom. The average molecular weight is 322 g/mol. The third kappa shape index (κ3) is 4.16. The van der Waals surface area contributed by atoms with Gasteiger partial charge in [0.2, 0.25) is 0 Å². The van der Waals surface area contributed by atoms with Gasteiger partial charge in [0.25, 0.3) is 0 Å². The molecule has 0 saturated carbocycles. The molecule has 112 valence electrons. The molecule has 2 N–H and O–H groups in total. The van der Waals surface area contributed by atoms with E-state index in [0.717, 1.165) is 22.6 Å². The van der Waals surface area contributed by atoms with E-state index in [4.69, 9.17) is 22.1 Å². The fourth-order valence-corrected chi connectivity index (χ4v) is 2.78. The lowest BCUT2D eigenvalue weighted by atomic mass is 10.0. The number of nitrogens with two attached hydrogens (primary N) is 1. The van der Waals surface area contributed by atoms with Crippen molar-refractivity contribution in [2.24, 2.45) is 5.73 Å². The fraction of sp³-hybridized carbons (Fsp3) is 0.294. The standard InChI is InChI=1S/C17H20ClNOS/c1-3-14(19)17(12-8-10-13(18)11-9-12)20-15-6-4-5-7-16(15)21-2/h4-11,14,17H,3,19H2,1-2H3. The van der Waals surface area contributed by atoms with E-state index in [-0.39, 0.29) is 12.1 Å². The molecule has 0 amide bonds. The Balaban J connectivity index is 2.30. The first-order valence-electron chi connectivity index (χ1n) is 6.96. The molecular weight excluding hydrogens is 302 g/mol. The summed E-state index contributed by atoms with van der Waals surface area (Å²) < 4.78 is 6.23. The van der Waals surface area contributed by atoms with Gasteiger partial charge in [-0.1, -0.05) is 42.8 Å². The van der Waals surface area contributed by atoms with Crippen LogP contribution in [0.2, 0.25) is 5.02 Å². The van der Waals surface area contributed by atoms with E-state index in [1.165, 1.54) is 0 Å². The largest absolute Gasteiger partial charge is 0.483 e. The highest BCUT2D eigenvalue weighted by atomic mass is 35.5. The fourth-order valence-electron chi connectivity index (χ4n) is 2.12. The summed E-state index contributed by atoms with van der Waals surface area (Å²) in [7, 11) is 0. The lowest BCUT2D eigenvalue weighted by Gasteiger charge is -2.25. The highest BCUT2D eigenvalue weighted by Gasteiger charge is 2.21. The molecule has 2 aromatic rings. The SMILES string of the molecule is CCC(N)C(Oc1ccccc1SC)c1ccc(Cl)cc1. The summed E-state index contributed by atoms with van der Waals surface area (Å²) in [5.41, 5.74) is 7.31.